The number of pyridine rings is 1. The second kappa shape index (κ2) is 8.60. The number of amides is 2. The molecule has 0 N–H and O–H groups in total. The van der Waals surface area contributed by atoms with Crippen LogP contribution in [-0.2, 0) is 16.1 Å². The fraction of sp³-hybridized carbons (Fsp3) is 0.500. The summed E-state index contributed by atoms with van der Waals surface area (Å²) in [7, 11) is 0. The first kappa shape index (κ1) is 19.4. The highest BCUT2D eigenvalue weighted by molar-refractivity contribution is 5.97. The van der Waals surface area contributed by atoms with Gasteiger partial charge in [0.2, 0.25) is 5.91 Å². The summed E-state index contributed by atoms with van der Waals surface area (Å²) in [5.74, 6) is 0.373. The Hall–Kier alpha value is -2.94. The van der Waals surface area contributed by atoms with Crippen LogP contribution in [0, 0.1) is 0 Å². The minimum Gasteiger partial charge on any atom is -0.487 e. The lowest BCUT2D eigenvalue weighted by Crippen LogP contribution is -2.51. The van der Waals surface area contributed by atoms with Gasteiger partial charge >= 0.3 is 0 Å². The number of likely N-dealkylation sites (tertiary alicyclic amines) is 1. The van der Waals surface area contributed by atoms with Crippen LogP contribution in [0.1, 0.15) is 23.8 Å². The zero-order valence-electron chi connectivity index (χ0n) is 16.4. The molecule has 2 saturated heterocycles. The van der Waals surface area contributed by atoms with E-state index in [4.69, 9.17) is 9.47 Å². The van der Waals surface area contributed by atoms with Gasteiger partial charge in [0.05, 0.1) is 26.0 Å². The Kier molecular flexibility index (Phi) is 5.75. The van der Waals surface area contributed by atoms with Gasteiger partial charge < -0.3 is 19.3 Å². The van der Waals surface area contributed by atoms with E-state index in [1.165, 1.54) is 0 Å². The van der Waals surface area contributed by atoms with Crippen molar-refractivity contribution >= 4 is 11.8 Å². The third-order valence-electron chi connectivity index (χ3n) is 5.30. The maximum Gasteiger partial charge on any atom is 0.272 e. The topological polar surface area (TPSA) is 89.8 Å². The van der Waals surface area contributed by atoms with E-state index in [0.29, 0.717) is 57.3 Å². The van der Waals surface area contributed by atoms with E-state index in [0.717, 1.165) is 0 Å². The molecule has 9 nitrogen and oxygen atoms in total. The summed E-state index contributed by atoms with van der Waals surface area (Å²) in [5.41, 5.74) is 0.481. The fourth-order valence-electron chi connectivity index (χ4n) is 3.86. The molecule has 154 valence electrons. The normalized spacial score (nSPS) is 22.0. The third-order valence-corrected chi connectivity index (χ3v) is 5.30. The van der Waals surface area contributed by atoms with E-state index in [-0.39, 0.29) is 17.9 Å². The van der Waals surface area contributed by atoms with Crippen LogP contribution in [0.3, 0.4) is 0 Å². The van der Waals surface area contributed by atoms with Gasteiger partial charge in [0.25, 0.3) is 5.91 Å². The molecule has 0 unspecified atom stereocenters. The van der Waals surface area contributed by atoms with Gasteiger partial charge in [0.15, 0.2) is 0 Å². The monoisotopic (exact) mass is 399 g/mol. The predicted octanol–water partition coefficient (Wildman–Crippen LogP) is 0.819. The van der Waals surface area contributed by atoms with Crippen LogP contribution < -0.4 is 4.74 Å². The quantitative estimate of drug-likeness (QED) is 0.740. The van der Waals surface area contributed by atoms with Crippen LogP contribution in [0.15, 0.2) is 36.8 Å². The summed E-state index contributed by atoms with van der Waals surface area (Å²) in [6.45, 7) is 4.97. The van der Waals surface area contributed by atoms with Gasteiger partial charge in [-0.15, -0.1) is 0 Å². The number of carbonyl (C=O) groups is 2. The summed E-state index contributed by atoms with van der Waals surface area (Å²) in [6.07, 6.45) is 5.08. The van der Waals surface area contributed by atoms with Gasteiger partial charge in [-0.1, -0.05) is 0 Å². The number of aromatic nitrogens is 3. The van der Waals surface area contributed by atoms with Gasteiger partial charge in [-0.3, -0.25) is 19.3 Å². The van der Waals surface area contributed by atoms with Crippen molar-refractivity contribution in [3.63, 3.8) is 0 Å². The molecule has 2 amide bonds. The molecule has 29 heavy (non-hydrogen) atoms. The first-order chi connectivity index (χ1) is 14.2. The lowest BCUT2D eigenvalue weighted by molar-refractivity contribution is -0.139. The molecular weight excluding hydrogens is 374 g/mol. The molecular formula is C20H25N5O4. The minimum atomic E-state index is -0.567. The summed E-state index contributed by atoms with van der Waals surface area (Å²) in [4.78, 5) is 34.0. The van der Waals surface area contributed by atoms with E-state index in [2.05, 4.69) is 10.1 Å². The average molecular weight is 399 g/mol. The van der Waals surface area contributed by atoms with Gasteiger partial charge in [-0.25, -0.2) is 0 Å². The molecule has 2 aromatic heterocycles. The molecule has 0 aromatic carbocycles. The van der Waals surface area contributed by atoms with Crippen molar-refractivity contribution in [2.75, 3.05) is 32.8 Å². The molecule has 2 aliphatic rings. The zero-order chi connectivity index (χ0) is 20.2. The van der Waals surface area contributed by atoms with Crippen LogP contribution in [0.2, 0.25) is 0 Å². The molecule has 0 saturated carbocycles. The van der Waals surface area contributed by atoms with Crippen LogP contribution in [0.25, 0.3) is 0 Å². The maximum atomic E-state index is 13.3. The number of hydrogen-bond donors (Lipinski definition) is 0. The molecule has 0 spiro atoms. The van der Waals surface area contributed by atoms with E-state index in [1.807, 2.05) is 13.0 Å². The molecule has 2 aliphatic heterocycles. The first-order valence-electron chi connectivity index (χ1n) is 9.93. The number of nitrogens with zero attached hydrogens (tertiary/aromatic N) is 5. The minimum absolute atomic E-state index is 0.0542. The second-order valence-corrected chi connectivity index (χ2v) is 7.11. The molecule has 9 heteroatoms. The lowest BCUT2D eigenvalue weighted by Gasteiger charge is -2.32. The van der Waals surface area contributed by atoms with E-state index >= 15 is 0 Å². The van der Waals surface area contributed by atoms with E-state index < -0.39 is 6.04 Å². The number of hydrogen-bond acceptors (Lipinski definition) is 6. The highest BCUT2D eigenvalue weighted by Gasteiger charge is 2.43. The number of aryl methyl sites for hydroxylation is 1. The molecule has 2 atom stereocenters. The van der Waals surface area contributed by atoms with E-state index in [1.54, 1.807) is 45.2 Å². The van der Waals surface area contributed by atoms with Gasteiger partial charge in [0, 0.05) is 38.4 Å². The maximum absolute atomic E-state index is 13.3. The largest absolute Gasteiger partial charge is 0.487 e. The Morgan fingerprint density at radius 3 is 2.79 bits per heavy atom. The second-order valence-electron chi connectivity index (χ2n) is 7.11. The summed E-state index contributed by atoms with van der Waals surface area (Å²) < 4.78 is 13.0. The van der Waals surface area contributed by atoms with E-state index in [9.17, 15) is 9.59 Å². The Balaban J connectivity index is 1.56. The number of ether oxygens (including phenoxy) is 2. The highest BCUT2D eigenvalue weighted by atomic mass is 16.5. The molecule has 0 bridgehead atoms. The van der Waals surface area contributed by atoms with Crippen molar-refractivity contribution in [2.24, 2.45) is 0 Å². The van der Waals surface area contributed by atoms with Crippen LogP contribution in [0.4, 0.5) is 0 Å². The molecule has 0 radical (unpaired) electrons. The number of morpholine rings is 1. The highest BCUT2D eigenvalue weighted by Crippen LogP contribution is 2.26. The summed E-state index contributed by atoms with van der Waals surface area (Å²) in [6, 6.07) is 4.74. The summed E-state index contributed by atoms with van der Waals surface area (Å²) >= 11 is 0. The molecule has 0 aliphatic carbocycles. The SMILES string of the molecule is CCn1nccc1C(=O)N1C[C@@H](Oc2cccnc2)C[C@H]1C(=O)N1CCOCC1. The molecule has 4 rings (SSSR count). The first-order valence-corrected chi connectivity index (χ1v) is 9.93. The Labute approximate surface area is 169 Å². The fourth-order valence-corrected chi connectivity index (χ4v) is 3.86. The Morgan fingerprint density at radius 1 is 1.24 bits per heavy atom. The summed E-state index contributed by atoms with van der Waals surface area (Å²) in [5, 5.41) is 4.19. The van der Waals surface area contributed by atoms with Crippen LogP contribution in [-0.4, -0.2) is 81.4 Å². The van der Waals surface area contributed by atoms with Crippen LogP contribution >= 0.6 is 0 Å². The predicted molar refractivity (Wildman–Crippen MR) is 103 cm³/mol. The van der Waals surface area contributed by atoms with Gasteiger partial charge in [0.1, 0.15) is 23.6 Å². The lowest BCUT2D eigenvalue weighted by atomic mass is 10.1. The third kappa shape index (κ3) is 4.09. The van der Waals surface area contributed by atoms with Crippen molar-refractivity contribution in [3.05, 3.63) is 42.5 Å². The van der Waals surface area contributed by atoms with Gasteiger partial charge in [-0.2, -0.15) is 5.10 Å². The molecule has 4 heterocycles. The zero-order valence-corrected chi connectivity index (χ0v) is 16.4. The van der Waals surface area contributed by atoms with Crippen molar-refractivity contribution < 1.29 is 19.1 Å². The Morgan fingerprint density at radius 2 is 2.07 bits per heavy atom. The van der Waals surface area contributed by atoms with Crippen molar-refractivity contribution in [2.45, 2.75) is 32.0 Å². The smallest absolute Gasteiger partial charge is 0.272 e. The van der Waals surface area contributed by atoms with Crippen LogP contribution in [0.5, 0.6) is 5.75 Å². The van der Waals surface area contributed by atoms with Crippen molar-refractivity contribution in [1.82, 2.24) is 24.6 Å². The van der Waals surface area contributed by atoms with Gasteiger partial charge in [-0.05, 0) is 25.1 Å². The van der Waals surface area contributed by atoms with Crippen molar-refractivity contribution in [1.29, 1.82) is 0 Å². The molecule has 2 fully saturated rings. The molecule has 2 aromatic rings. The number of rotatable bonds is 5. The standard InChI is InChI=1S/C20H25N5O4/c1-2-25-17(5-7-22-25)20(27)24-14-16(29-15-4-3-6-21-13-15)12-18(24)19(26)23-8-10-28-11-9-23/h3-7,13,16,18H,2,8-12,14H2,1H3/t16-,18-/m0/s1. The average Bonchev–Trinajstić information content (AvgIpc) is 3.41. The Bertz CT molecular complexity index is 850. The number of carbonyl (C=O) groups excluding carboxylic acids is 2. The van der Waals surface area contributed by atoms with Crippen molar-refractivity contribution in [3.8, 4) is 5.75 Å².